The monoisotopic (exact) mass is 407 g/mol. The molecule has 2 aliphatic rings. The molecule has 0 atom stereocenters. The second-order valence-corrected chi connectivity index (χ2v) is 7.84. The first kappa shape index (κ1) is 19.9. The maximum absolute atomic E-state index is 12.7. The number of carbonyl (C=O) groups excluding carboxylic acids is 1. The summed E-state index contributed by atoms with van der Waals surface area (Å²) in [5, 5.41) is 12.3. The number of likely N-dealkylation sites (N-methyl/N-ethyl adjacent to an activating group) is 1. The number of amides is 1. The van der Waals surface area contributed by atoms with Gasteiger partial charge in [0.1, 0.15) is 11.4 Å². The first-order valence-electron chi connectivity index (χ1n) is 10.1. The van der Waals surface area contributed by atoms with Gasteiger partial charge in [-0.25, -0.2) is 9.78 Å². The minimum atomic E-state index is -0.968. The van der Waals surface area contributed by atoms with Crippen LogP contribution in [0.3, 0.4) is 0 Å². The molecule has 1 aromatic carbocycles. The van der Waals surface area contributed by atoms with Crippen LogP contribution in [0.25, 0.3) is 0 Å². The molecule has 1 aliphatic heterocycles. The molecular weight excluding hydrogens is 382 g/mol. The number of aryl methyl sites for hydroxylation is 1. The molecule has 0 spiro atoms. The fraction of sp³-hybridized carbons (Fsp3) is 0.364. The summed E-state index contributed by atoms with van der Waals surface area (Å²) in [6.07, 6.45) is 7.10. The quantitative estimate of drug-likeness (QED) is 0.743. The zero-order valence-electron chi connectivity index (χ0n) is 17.2. The summed E-state index contributed by atoms with van der Waals surface area (Å²) < 4.78 is 0. The van der Waals surface area contributed by atoms with Crippen LogP contribution in [0.15, 0.2) is 36.7 Å². The molecular formula is C22H25N5O3. The van der Waals surface area contributed by atoms with Gasteiger partial charge in [0, 0.05) is 18.8 Å². The molecule has 1 amide bonds. The number of carbonyl (C=O) groups is 2. The molecule has 1 fully saturated rings. The number of carboxylic acids is 1. The van der Waals surface area contributed by atoms with E-state index >= 15 is 0 Å². The number of benzene rings is 1. The van der Waals surface area contributed by atoms with Crippen molar-refractivity contribution in [2.24, 2.45) is 0 Å². The van der Waals surface area contributed by atoms with Crippen molar-refractivity contribution < 1.29 is 14.7 Å². The number of aromatic carboxylic acids is 1. The number of nitrogens with zero attached hydrogens (tertiary/aromatic N) is 4. The van der Waals surface area contributed by atoms with E-state index in [0.29, 0.717) is 23.2 Å². The van der Waals surface area contributed by atoms with E-state index in [2.05, 4.69) is 16.9 Å². The van der Waals surface area contributed by atoms with E-state index in [-0.39, 0.29) is 17.5 Å². The van der Waals surface area contributed by atoms with Gasteiger partial charge in [-0.05, 0) is 43.5 Å². The van der Waals surface area contributed by atoms with E-state index in [1.54, 1.807) is 31.4 Å². The Kier molecular flexibility index (Phi) is 5.15. The van der Waals surface area contributed by atoms with E-state index in [1.165, 1.54) is 11.3 Å². The van der Waals surface area contributed by atoms with Crippen LogP contribution in [0.4, 0.5) is 23.1 Å². The van der Waals surface area contributed by atoms with Crippen molar-refractivity contribution in [1.29, 1.82) is 0 Å². The van der Waals surface area contributed by atoms with Crippen molar-refractivity contribution in [2.45, 2.75) is 45.1 Å². The largest absolute Gasteiger partial charge is 0.478 e. The van der Waals surface area contributed by atoms with Crippen LogP contribution in [-0.4, -0.2) is 40.0 Å². The van der Waals surface area contributed by atoms with Gasteiger partial charge in [-0.3, -0.25) is 4.79 Å². The second-order valence-electron chi connectivity index (χ2n) is 7.84. The number of anilines is 4. The second kappa shape index (κ2) is 7.78. The fourth-order valence-corrected chi connectivity index (χ4v) is 4.16. The molecule has 8 nitrogen and oxygen atoms in total. The Balaban J connectivity index is 1.70. The average Bonchev–Trinajstić information content (AvgIpc) is 2.74. The molecule has 2 N–H and O–H groups in total. The van der Waals surface area contributed by atoms with Crippen LogP contribution in [0.1, 0.15) is 48.0 Å². The van der Waals surface area contributed by atoms with Gasteiger partial charge >= 0.3 is 5.97 Å². The third kappa shape index (κ3) is 3.49. The molecule has 2 aromatic rings. The third-order valence-electron chi connectivity index (χ3n) is 5.84. The lowest BCUT2D eigenvalue weighted by atomic mass is 9.93. The number of hydrogen-bond donors (Lipinski definition) is 2. The van der Waals surface area contributed by atoms with E-state index in [4.69, 9.17) is 10.1 Å². The smallest absolute Gasteiger partial charge is 0.335 e. The number of aromatic nitrogens is 2. The SMILES string of the molecule is C=C1C(=O)N(C)c2cnc(Nc3ccc(C(=O)O)cc3C)nc2N1C1CCCCC1. The van der Waals surface area contributed by atoms with Crippen LogP contribution >= 0.6 is 0 Å². The molecule has 2 heterocycles. The summed E-state index contributed by atoms with van der Waals surface area (Å²) in [7, 11) is 1.70. The van der Waals surface area contributed by atoms with Crippen LogP contribution in [-0.2, 0) is 4.79 Å². The summed E-state index contributed by atoms with van der Waals surface area (Å²) in [5.41, 5.74) is 2.81. The van der Waals surface area contributed by atoms with E-state index in [1.807, 2.05) is 11.8 Å². The van der Waals surface area contributed by atoms with Crippen LogP contribution in [0.2, 0.25) is 0 Å². The molecule has 0 bridgehead atoms. The summed E-state index contributed by atoms with van der Waals surface area (Å²) in [6, 6.07) is 5.04. The van der Waals surface area contributed by atoms with Crippen molar-refractivity contribution in [3.05, 3.63) is 47.8 Å². The molecule has 0 saturated heterocycles. The summed E-state index contributed by atoms with van der Waals surface area (Å²) in [4.78, 5) is 36.5. The lowest BCUT2D eigenvalue weighted by Crippen LogP contribution is -2.47. The standard InChI is InChI=1S/C22H25N5O3/c1-13-11-15(21(29)30)9-10-17(13)24-22-23-12-18-19(25-22)27(14(2)20(28)26(18)3)16-7-5-4-6-8-16/h9-12,16H,2,4-8H2,1,3H3,(H,29,30)(H,23,24,25). The summed E-state index contributed by atoms with van der Waals surface area (Å²) in [6.45, 7) is 5.88. The summed E-state index contributed by atoms with van der Waals surface area (Å²) in [5.74, 6) is -0.0518. The molecule has 0 unspecified atom stereocenters. The number of nitrogens with one attached hydrogen (secondary N) is 1. The molecule has 4 rings (SSSR count). The Morgan fingerprint density at radius 3 is 2.67 bits per heavy atom. The maximum atomic E-state index is 12.7. The predicted molar refractivity (Wildman–Crippen MR) is 115 cm³/mol. The number of rotatable bonds is 4. The van der Waals surface area contributed by atoms with E-state index in [0.717, 1.165) is 36.9 Å². The molecule has 1 aliphatic carbocycles. The lowest BCUT2D eigenvalue weighted by Gasteiger charge is -2.41. The highest BCUT2D eigenvalue weighted by molar-refractivity contribution is 6.12. The highest BCUT2D eigenvalue weighted by atomic mass is 16.4. The zero-order chi connectivity index (χ0) is 21.4. The first-order valence-corrected chi connectivity index (χ1v) is 10.1. The summed E-state index contributed by atoms with van der Waals surface area (Å²) >= 11 is 0. The molecule has 30 heavy (non-hydrogen) atoms. The highest BCUT2D eigenvalue weighted by Gasteiger charge is 2.37. The Bertz CT molecular complexity index is 1030. The van der Waals surface area contributed by atoms with Gasteiger partial charge in [0.15, 0.2) is 5.82 Å². The van der Waals surface area contributed by atoms with Gasteiger partial charge in [-0.1, -0.05) is 25.8 Å². The third-order valence-corrected chi connectivity index (χ3v) is 5.84. The van der Waals surface area contributed by atoms with Crippen molar-refractivity contribution in [3.63, 3.8) is 0 Å². The Hall–Kier alpha value is -3.42. The predicted octanol–water partition coefficient (Wildman–Crippen LogP) is 3.86. The van der Waals surface area contributed by atoms with E-state index in [9.17, 15) is 9.59 Å². The van der Waals surface area contributed by atoms with Gasteiger partial charge in [0.05, 0.1) is 11.8 Å². The molecule has 0 radical (unpaired) electrons. The van der Waals surface area contributed by atoms with Gasteiger partial charge in [-0.15, -0.1) is 0 Å². The minimum Gasteiger partial charge on any atom is -0.478 e. The van der Waals surface area contributed by atoms with Crippen molar-refractivity contribution >= 4 is 35.0 Å². The van der Waals surface area contributed by atoms with Gasteiger partial charge in [-0.2, -0.15) is 4.98 Å². The van der Waals surface area contributed by atoms with Crippen LogP contribution in [0.5, 0.6) is 0 Å². The molecule has 8 heteroatoms. The average molecular weight is 407 g/mol. The van der Waals surface area contributed by atoms with Crippen molar-refractivity contribution in [1.82, 2.24) is 9.97 Å². The Morgan fingerprint density at radius 2 is 2.00 bits per heavy atom. The number of hydrogen-bond acceptors (Lipinski definition) is 6. The van der Waals surface area contributed by atoms with Crippen LogP contribution < -0.4 is 15.1 Å². The van der Waals surface area contributed by atoms with Crippen molar-refractivity contribution in [3.8, 4) is 0 Å². The van der Waals surface area contributed by atoms with Gasteiger partial charge in [0.25, 0.3) is 5.91 Å². The number of fused-ring (bicyclic) bond motifs is 1. The van der Waals surface area contributed by atoms with Crippen molar-refractivity contribution in [2.75, 3.05) is 22.2 Å². The maximum Gasteiger partial charge on any atom is 0.335 e. The lowest BCUT2D eigenvalue weighted by molar-refractivity contribution is -0.115. The van der Waals surface area contributed by atoms with Gasteiger partial charge < -0.3 is 20.2 Å². The Morgan fingerprint density at radius 1 is 1.27 bits per heavy atom. The zero-order valence-corrected chi connectivity index (χ0v) is 17.2. The van der Waals surface area contributed by atoms with Crippen LogP contribution in [0, 0.1) is 6.92 Å². The van der Waals surface area contributed by atoms with E-state index < -0.39 is 5.97 Å². The fourth-order valence-electron chi connectivity index (χ4n) is 4.16. The Labute approximate surface area is 175 Å². The van der Waals surface area contributed by atoms with Gasteiger partial charge in [0.2, 0.25) is 5.95 Å². The molecule has 1 saturated carbocycles. The molecule has 1 aromatic heterocycles. The topological polar surface area (TPSA) is 98.7 Å². The first-order chi connectivity index (χ1) is 14.4. The minimum absolute atomic E-state index is 0.141. The highest BCUT2D eigenvalue weighted by Crippen LogP contribution is 2.39. The molecule has 156 valence electrons. The number of carboxylic acid groups (broad SMARTS) is 1. The normalized spacial score (nSPS) is 17.1.